The number of pyridine rings is 2. The number of hydrogen-bond donors (Lipinski definition) is 2. The van der Waals surface area contributed by atoms with Gasteiger partial charge in [0.05, 0.1) is 22.5 Å². The second-order valence-electron chi connectivity index (χ2n) is 6.62. The third-order valence-electron chi connectivity index (χ3n) is 4.06. The summed E-state index contributed by atoms with van der Waals surface area (Å²) in [5.74, 6) is 0. The van der Waals surface area contributed by atoms with Crippen molar-refractivity contribution in [2.45, 2.75) is 44.7 Å². The molecule has 122 valence electrons. The van der Waals surface area contributed by atoms with E-state index in [1.807, 2.05) is 43.3 Å². The largest absolute Gasteiger partial charge is 0.381 e. The fourth-order valence-electron chi connectivity index (χ4n) is 2.51. The minimum absolute atomic E-state index is 0.245. The van der Waals surface area contributed by atoms with Crippen molar-refractivity contribution in [2.75, 3.05) is 0 Å². The Kier molecular flexibility index (Phi) is 5.16. The molecule has 0 bridgehead atoms. The summed E-state index contributed by atoms with van der Waals surface area (Å²) in [7, 11) is 0. The Bertz CT molecular complexity index is 647. The monoisotopic (exact) mass is 310 g/mol. The van der Waals surface area contributed by atoms with Gasteiger partial charge in [-0.1, -0.05) is 18.7 Å². The highest BCUT2D eigenvalue weighted by atomic mass is 15.0. The lowest BCUT2D eigenvalue weighted by Crippen LogP contribution is -2.35. The summed E-state index contributed by atoms with van der Waals surface area (Å²) in [5, 5.41) is 3.23. The van der Waals surface area contributed by atoms with E-state index in [0.29, 0.717) is 0 Å². The van der Waals surface area contributed by atoms with Gasteiger partial charge in [0.2, 0.25) is 0 Å². The van der Waals surface area contributed by atoms with Crippen LogP contribution in [0.5, 0.6) is 0 Å². The highest BCUT2D eigenvalue weighted by Crippen LogP contribution is 2.23. The molecule has 1 atom stereocenters. The van der Waals surface area contributed by atoms with Gasteiger partial charge in [-0.2, -0.15) is 0 Å². The lowest BCUT2D eigenvalue weighted by atomic mass is 9.91. The number of nitrogens with zero attached hydrogens (tertiary/aromatic N) is 2. The van der Waals surface area contributed by atoms with E-state index in [0.717, 1.165) is 29.9 Å². The minimum atomic E-state index is -0.464. The molecule has 0 aromatic carbocycles. The Labute approximate surface area is 138 Å². The maximum atomic E-state index is 6.44. The van der Waals surface area contributed by atoms with E-state index < -0.39 is 5.54 Å². The standard InChI is InChI=1S/C19H26N4/c1-5-22-18(2,3)16-11-8-9-15(23-16)12-13-19(4,20)17-10-6-7-14-21-17/h5-11,14,22H,1,12-13,20H2,2-4H3. The summed E-state index contributed by atoms with van der Waals surface area (Å²) in [6.07, 6.45) is 5.08. The Hall–Kier alpha value is -2.20. The Morgan fingerprint density at radius 1 is 1.13 bits per heavy atom. The van der Waals surface area contributed by atoms with Crippen LogP contribution in [-0.2, 0) is 17.5 Å². The molecule has 2 aromatic rings. The maximum absolute atomic E-state index is 6.44. The first-order valence-corrected chi connectivity index (χ1v) is 7.90. The summed E-state index contributed by atoms with van der Waals surface area (Å²) in [6.45, 7) is 9.92. The molecule has 0 radical (unpaired) electrons. The molecule has 0 aliphatic rings. The van der Waals surface area contributed by atoms with E-state index in [-0.39, 0.29) is 5.54 Å². The van der Waals surface area contributed by atoms with Crippen LogP contribution in [0.3, 0.4) is 0 Å². The molecular weight excluding hydrogens is 284 g/mol. The summed E-state index contributed by atoms with van der Waals surface area (Å²) < 4.78 is 0. The number of aromatic nitrogens is 2. The van der Waals surface area contributed by atoms with Crippen molar-refractivity contribution < 1.29 is 0 Å². The van der Waals surface area contributed by atoms with Gasteiger partial charge in [0.25, 0.3) is 0 Å². The molecule has 2 rings (SSSR count). The van der Waals surface area contributed by atoms with Crippen LogP contribution >= 0.6 is 0 Å². The fraction of sp³-hybridized carbons (Fsp3) is 0.368. The van der Waals surface area contributed by atoms with E-state index >= 15 is 0 Å². The van der Waals surface area contributed by atoms with E-state index in [1.54, 1.807) is 12.4 Å². The Morgan fingerprint density at radius 2 is 1.87 bits per heavy atom. The maximum Gasteiger partial charge on any atom is 0.0734 e. The molecule has 0 fully saturated rings. The lowest BCUT2D eigenvalue weighted by molar-refractivity contribution is 0.431. The summed E-state index contributed by atoms with van der Waals surface area (Å²) in [6, 6.07) is 12.0. The molecule has 0 aliphatic carbocycles. The number of nitrogens with two attached hydrogens (primary N) is 1. The molecule has 0 amide bonds. The van der Waals surface area contributed by atoms with Gasteiger partial charge in [-0.05, 0) is 64.1 Å². The second kappa shape index (κ2) is 6.92. The minimum Gasteiger partial charge on any atom is -0.381 e. The molecule has 23 heavy (non-hydrogen) atoms. The molecule has 0 aliphatic heterocycles. The second-order valence-corrected chi connectivity index (χ2v) is 6.62. The predicted octanol–water partition coefficient (Wildman–Crippen LogP) is 3.25. The molecule has 3 N–H and O–H groups in total. The van der Waals surface area contributed by atoms with Gasteiger partial charge in [-0.3, -0.25) is 9.97 Å². The molecule has 0 saturated carbocycles. The smallest absolute Gasteiger partial charge is 0.0734 e. The Balaban J connectivity index is 2.11. The first-order valence-electron chi connectivity index (χ1n) is 7.90. The van der Waals surface area contributed by atoms with Crippen molar-refractivity contribution in [1.82, 2.24) is 15.3 Å². The summed E-state index contributed by atoms with van der Waals surface area (Å²) in [5.41, 5.74) is 8.67. The molecule has 4 heteroatoms. The number of hydrogen-bond acceptors (Lipinski definition) is 4. The van der Waals surface area contributed by atoms with Gasteiger partial charge in [0.1, 0.15) is 0 Å². The normalized spacial score (nSPS) is 14.1. The van der Waals surface area contributed by atoms with Crippen LogP contribution in [0.1, 0.15) is 44.3 Å². The topological polar surface area (TPSA) is 63.8 Å². The summed E-state index contributed by atoms with van der Waals surface area (Å²) >= 11 is 0. The van der Waals surface area contributed by atoms with E-state index in [1.165, 1.54) is 0 Å². The third kappa shape index (κ3) is 4.39. The number of rotatable bonds is 7. The zero-order valence-electron chi connectivity index (χ0n) is 14.2. The zero-order chi connectivity index (χ0) is 16.9. The zero-order valence-corrected chi connectivity index (χ0v) is 14.2. The number of aryl methyl sites for hydroxylation is 1. The van der Waals surface area contributed by atoms with Gasteiger partial charge < -0.3 is 11.1 Å². The molecule has 1 unspecified atom stereocenters. The molecule has 4 nitrogen and oxygen atoms in total. The van der Waals surface area contributed by atoms with Crippen molar-refractivity contribution in [3.05, 3.63) is 72.5 Å². The third-order valence-corrected chi connectivity index (χ3v) is 4.06. The van der Waals surface area contributed by atoms with Crippen LogP contribution in [0.2, 0.25) is 0 Å². The van der Waals surface area contributed by atoms with Crippen molar-refractivity contribution in [2.24, 2.45) is 5.73 Å². The lowest BCUT2D eigenvalue weighted by Gasteiger charge is -2.26. The molecule has 2 aromatic heterocycles. The van der Waals surface area contributed by atoms with Gasteiger partial charge in [0, 0.05) is 11.9 Å². The van der Waals surface area contributed by atoms with Gasteiger partial charge >= 0.3 is 0 Å². The van der Waals surface area contributed by atoms with Crippen LogP contribution in [0.15, 0.2) is 55.4 Å². The average Bonchev–Trinajstić information content (AvgIpc) is 2.54. The van der Waals surface area contributed by atoms with Crippen LogP contribution in [0.25, 0.3) is 0 Å². The first-order chi connectivity index (χ1) is 10.8. The number of nitrogens with one attached hydrogen (secondary N) is 1. The van der Waals surface area contributed by atoms with E-state index in [9.17, 15) is 0 Å². The van der Waals surface area contributed by atoms with Crippen molar-refractivity contribution >= 4 is 0 Å². The van der Waals surface area contributed by atoms with Crippen molar-refractivity contribution in [3.8, 4) is 0 Å². The van der Waals surface area contributed by atoms with Crippen LogP contribution < -0.4 is 11.1 Å². The van der Waals surface area contributed by atoms with Gasteiger partial charge in [-0.15, -0.1) is 0 Å². The fourth-order valence-corrected chi connectivity index (χ4v) is 2.51. The van der Waals surface area contributed by atoms with Gasteiger partial charge in [-0.25, -0.2) is 0 Å². The van der Waals surface area contributed by atoms with E-state index in [2.05, 4.69) is 30.7 Å². The highest BCUT2D eigenvalue weighted by molar-refractivity contribution is 5.20. The quantitative estimate of drug-likeness (QED) is 0.824. The predicted molar refractivity (Wildman–Crippen MR) is 94.7 cm³/mol. The van der Waals surface area contributed by atoms with Crippen LogP contribution in [-0.4, -0.2) is 9.97 Å². The highest BCUT2D eigenvalue weighted by Gasteiger charge is 2.23. The molecule has 2 heterocycles. The van der Waals surface area contributed by atoms with Crippen LogP contribution in [0.4, 0.5) is 0 Å². The Morgan fingerprint density at radius 3 is 2.52 bits per heavy atom. The van der Waals surface area contributed by atoms with Crippen molar-refractivity contribution in [1.29, 1.82) is 0 Å². The molecule has 0 saturated heterocycles. The summed E-state index contributed by atoms with van der Waals surface area (Å²) in [4.78, 5) is 9.15. The average molecular weight is 310 g/mol. The molecular formula is C19H26N4. The van der Waals surface area contributed by atoms with Gasteiger partial charge in [0.15, 0.2) is 0 Å². The first kappa shape index (κ1) is 17.2. The van der Waals surface area contributed by atoms with Crippen molar-refractivity contribution in [3.63, 3.8) is 0 Å². The molecule has 0 spiro atoms. The van der Waals surface area contributed by atoms with E-state index in [4.69, 9.17) is 10.7 Å². The van der Waals surface area contributed by atoms with Crippen LogP contribution in [0, 0.1) is 0 Å². The SMILES string of the molecule is C=CNC(C)(C)c1cccc(CCC(C)(N)c2ccccn2)n1.